The number of carbonyl (C=O) groups excluding carboxylic acids is 1. The quantitative estimate of drug-likeness (QED) is 0.151. The van der Waals surface area contributed by atoms with Crippen LogP contribution in [0.1, 0.15) is 0 Å². The van der Waals surface area contributed by atoms with Gasteiger partial charge in [0.25, 0.3) is 0 Å². The van der Waals surface area contributed by atoms with Gasteiger partial charge in [0.2, 0.25) is 0 Å². The van der Waals surface area contributed by atoms with E-state index in [-0.39, 0.29) is 0 Å². The Balaban J connectivity index is 3.98. The molecule has 0 unspecified atom stereocenters. The molecule has 6 heteroatoms. The normalized spacial score (nSPS) is 5.50. The Bertz CT molecular complexity index is 192. The van der Waals surface area contributed by atoms with Crippen LogP contribution in [-0.2, 0) is 4.79 Å². The molecule has 0 aliphatic carbocycles. The second kappa shape index (κ2) is 3.46. The predicted octanol–water partition coefficient (Wildman–Crippen LogP) is 0.654. The molecule has 0 aliphatic heterocycles. The Morgan fingerprint density at radius 2 is 2.50 bits per heavy atom. The van der Waals surface area contributed by atoms with Crippen LogP contribution < -0.4 is 0 Å². The molecule has 0 radical (unpaired) electrons. The zero-order valence-electron chi connectivity index (χ0n) is 3.61. The average molecular weight is 112 g/mol. The number of azide groups is 1. The van der Waals surface area contributed by atoms with Gasteiger partial charge in [-0.15, -0.1) is 0 Å². The summed E-state index contributed by atoms with van der Waals surface area (Å²) in [6, 6.07) is 1.36. The fraction of sp³-hybridized carbons (Fsp3) is 0. The van der Waals surface area contributed by atoms with Gasteiger partial charge in [-0.25, -0.2) is 0 Å². The highest BCUT2D eigenvalue weighted by molar-refractivity contribution is 5.93. The summed E-state index contributed by atoms with van der Waals surface area (Å²) in [7, 11) is 0. The summed E-state index contributed by atoms with van der Waals surface area (Å²) in [5, 5.41) is 13.5. The third-order valence-electron chi connectivity index (χ3n) is 0.277. The molecule has 6 nitrogen and oxygen atoms in total. The monoisotopic (exact) mass is 112 g/mol. The molecule has 1 amide bonds. The lowest BCUT2D eigenvalue weighted by Crippen LogP contribution is -1.80. The van der Waals surface area contributed by atoms with E-state index < -0.39 is 5.91 Å². The second-order valence-corrected chi connectivity index (χ2v) is 0.698. The van der Waals surface area contributed by atoms with Crippen molar-refractivity contribution in [1.82, 2.24) is 0 Å². The van der Waals surface area contributed by atoms with E-state index in [4.69, 9.17) is 10.7 Å². The van der Waals surface area contributed by atoms with Crippen LogP contribution in [-0.4, -0.2) is 5.91 Å². The highest BCUT2D eigenvalue weighted by atomic mass is 16.4. The predicted molar refractivity (Wildman–Crippen MR) is 24.8 cm³/mol. The van der Waals surface area contributed by atoms with Crippen molar-refractivity contribution in [3.63, 3.8) is 0 Å². The minimum Gasteiger partial charge on any atom is -0.498 e. The molecule has 0 fully saturated rings. The lowest BCUT2D eigenvalue weighted by Gasteiger charge is -1.57. The number of nitrogens with zero attached hydrogens (tertiary/aromatic N) is 4. The molecule has 40 valence electrons. The van der Waals surface area contributed by atoms with Crippen molar-refractivity contribution in [2.75, 3.05) is 0 Å². The van der Waals surface area contributed by atoms with Crippen molar-refractivity contribution in [3.8, 4) is 6.07 Å². The van der Waals surface area contributed by atoms with E-state index in [2.05, 4.69) is 10.0 Å². The average Bonchev–Trinajstić information content (AvgIpc) is 1.68. The van der Waals surface area contributed by atoms with Crippen molar-refractivity contribution in [2.24, 2.45) is 5.11 Å². The molecule has 0 saturated heterocycles. The van der Waals surface area contributed by atoms with E-state index in [1.165, 1.54) is 6.07 Å². The summed E-state index contributed by atoms with van der Waals surface area (Å²) < 4.78 is 0. The Morgan fingerprint density at radius 1 is 1.88 bits per heavy atom. The zero-order valence-corrected chi connectivity index (χ0v) is 3.61. The maximum atomic E-state index is 9.82. The number of amides is 1. The topological polar surface area (TPSA) is 93.3 Å². The molecule has 0 aromatic carbocycles. The minimum absolute atomic E-state index is 1.11. The first-order chi connectivity index (χ1) is 3.81. The van der Waals surface area contributed by atoms with Gasteiger partial charge in [-0.3, -0.25) is 4.79 Å². The zero-order chi connectivity index (χ0) is 6.41. The summed E-state index contributed by atoms with van der Waals surface area (Å²) >= 11 is 0. The van der Waals surface area contributed by atoms with E-state index in [9.17, 15) is 4.79 Å². The first-order valence-electron chi connectivity index (χ1n) is 1.48. The first kappa shape index (κ1) is 6.27. The Hall–Kier alpha value is -1.73. The van der Waals surface area contributed by atoms with Crippen molar-refractivity contribution < 1.29 is 4.79 Å². The third kappa shape index (κ3) is 2.50. The molecule has 0 aromatic heterocycles. The van der Waals surface area contributed by atoms with Crippen LogP contribution in [0.5, 0.6) is 0 Å². The summed E-state index contributed by atoms with van der Waals surface area (Å²) in [6.07, 6.45) is 0. The van der Waals surface area contributed by atoms with Crippen molar-refractivity contribution in [3.05, 3.63) is 20.7 Å². The van der Waals surface area contributed by atoms with E-state index in [1.54, 1.807) is 0 Å². The molecule has 0 aromatic rings. The number of hydrogen-bond acceptors (Lipinski definition) is 2. The highest BCUT2D eigenvalue weighted by Crippen LogP contribution is 1.71. The molecule has 0 heterocycles. The standard InChI is InChI=1S/C2N4O2/c3-6-5-2(7)1-4-8. The van der Waals surface area contributed by atoms with Crippen LogP contribution in [0.2, 0.25) is 0 Å². The van der Waals surface area contributed by atoms with E-state index in [0.717, 1.165) is 0 Å². The lowest BCUT2D eigenvalue weighted by molar-refractivity contribution is -0.112. The van der Waals surface area contributed by atoms with Gasteiger partial charge in [0, 0.05) is 9.92 Å². The Morgan fingerprint density at radius 3 is 2.88 bits per heavy atom. The minimum atomic E-state index is -1.11. The van der Waals surface area contributed by atoms with Crippen LogP contribution in [0.15, 0.2) is 5.11 Å². The van der Waals surface area contributed by atoms with Crippen molar-refractivity contribution >= 4 is 5.91 Å². The summed E-state index contributed by atoms with van der Waals surface area (Å²) in [6.45, 7) is 0. The van der Waals surface area contributed by atoms with E-state index in [1.807, 2.05) is 5.01 Å². The molecule has 0 saturated carbocycles. The summed E-state index contributed by atoms with van der Waals surface area (Å²) in [5.74, 6) is -1.11. The SMILES string of the molecule is [N-]=[N+]=NC(=O)C#[N+][O-]. The van der Waals surface area contributed by atoms with Gasteiger partial charge in [-0.1, -0.05) is 0 Å². The van der Waals surface area contributed by atoms with Crippen LogP contribution in [0.3, 0.4) is 0 Å². The van der Waals surface area contributed by atoms with Gasteiger partial charge in [-0.05, 0) is 10.6 Å². The van der Waals surface area contributed by atoms with Crippen LogP contribution in [0.25, 0.3) is 15.5 Å². The summed E-state index contributed by atoms with van der Waals surface area (Å²) in [5.41, 5.74) is 7.52. The smallest absolute Gasteiger partial charge is 0.383 e. The van der Waals surface area contributed by atoms with Crippen molar-refractivity contribution in [2.45, 2.75) is 0 Å². The number of rotatable bonds is 0. The van der Waals surface area contributed by atoms with Crippen molar-refractivity contribution in [1.29, 1.82) is 0 Å². The maximum absolute atomic E-state index is 9.82. The third-order valence-corrected chi connectivity index (χ3v) is 0.277. The molecular formula is C2N4O2. The van der Waals surface area contributed by atoms with E-state index >= 15 is 0 Å². The molecule has 0 spiro atoms. The number of hydrogen-bond donors (Lipinski definition) is 0. The Labute approximate surface area is 43.8 Å². The van der Waals surface area contributed by atoms with Gasteiger partial charge in [0.05, 0.1) is 0 Å². The lowest BCUT2D eigenvalue weighted by atomic mass is 10.7. The van der Waals surface area contributed by atoms with Crippen LogP contribution >= 0.6 is 0 Å². The fourth-order valence-corrected chi connectivity index (χ4v) is 0.102. The fourth-order valence-electron chi connectivity index (χ4n) is 0.102. The number of carbonyl (C=O) groups is 1. The molecule has 0 rings (SSSR count). The molecule has 8 heavy (non-hydrogen) atoms. The van der Waals surface area contributed by atoms with Crippen LogP contribution in [0.4, 0.5) is 0 Å². The summed E-state index contributed by atoms with van der Waals surface area (Å²) in [4.78, 5) is 11.9. The molecule has 0 N–H and O–H groups in total. The highest BCUT2D eigenvalue weighted by Gasteiger charge is 1.95. The van der Waals surface area contributed by atoms with Crippen LogP contribution in [0, 0.1) is 11.3 Å². The largest absolute Gasteiger partial charge is 0.498 e. The van der Waals surface area contributed by atoms with Gasteiger partial charge < -0.3 is 5.21 Å². The first-order valence-corrected chi connectivity index (χ1v) is 1.48. The molecule has 0 aliphatic rings. The van der Waals surface area contributed by atoms with Gasteiger partial charge >= 0.3 is 12.0 Å². The van der Waals surface area contributed by atoms with Gasteiger partial charge in [0.15, 0.2) is 0 Å². The maximum Gasteiger partial charge on any atom is 0.383 e. The Kier molecular flexibility index (Phi) is 2.71. The molecule has 0 atom stereocenters. The van der Waals surface area contributed by atoms with Gasteiger partial charge in [0.1, 0.15) is 0 Å². The molecule has 0 bridgehead atoms. The second-order valence-electron chi connectivity index (χ2n) is 0.698. The molecular weight excluding hydrogens is 112 g/mol. The van der Waals surface area contributed by atoms with E-state index in [0.29, 0.717) is 0 Å². The van der Waals surface area contributed by atoms with Gasteiger partial charge in [-0.2, -0.15) is 0 Å².